The van der Waals surface area contributed by atoms with Crippen LogP contribution in [-0.4, -0.2) is 17.6 Å². The molecule has 2 atom stereocenters. The molecule has 0 fully saturated rings. The Morgan fingerprint density at radius 1 is 1.53 bits per heavy atom. The zero-order valence-electron chi connectivity index (χ0n) is 10.4. The highest BCUT2D eigenvalue weighted by Gasteiger charge is 2.28. The Balaban J connectivity index is 2.08. The molecule has 0 spiro atoms. The van der Waals surface area contributed by atoms with Crippen LogP contribution in [0, 0.1) is 12.8 Å². The summed E-state index contributed by atoms with van der Waals surface area (Å²) < 4.78 is 0. The fourth-order valence-electron chi connectivity index (χ4n) is 2.61. The standard InChI is InChI=1S/C14H19NO2/c1-9-3-4-11-8-10(2)14(12(11)7-9)15-6-5-13(16)17/h3-4,7,10,14-15H,5-6,8H2,1-2H3,(H,16,17). The maximum absolute atomic E-state index is 10.5. The number of carbonyl (C=O) groups is 1. The summed E-state index contributed by atoms with van der Waals surface area (Å²) in [5.41, 5.74) is 4.02. The van der Waals surface area contributed by atoms with Crippen molar-refractivity contribution in [3.63, 3.8) is 0 Å². The van der Waals surface area contributed by atoms with Gasteiger partial charge in [0.1, 0.15) is 0 Å². The van der Waals surface area contributed by atoms with Crippen LogP contribution in [-0.2, 0) is 11.2 Å². The molecule has 1 aromatic carbocycles. The van der Waals surface area contributed by atoms with Crippen LogP contribution in [0.15, 0.2) is 18.2 Å². The van der Waals surface area contributed by atoms with Crippen molar-refractivity contribution >= 4 is 5.97 Å². The third kappa shape index (κ3) is 2.67. The van der Waals surface area contributed by atoms with Crippen LogP contribution in [0.1, 0.15) is 36.1 Å². The summed E-state index contributed by atoms with van der Waals surface area (Å²) in [6.45, 7) is 4.85. The van der Waals surface area contributed by atoms with Crippen molar-refractivity contribution in [2.75, 3.05) is 6.54 Å². The van der Waals surface area contributed by atoms with Crippen molar-refractivity contribution in [1.82, 2.24) is 5.32 Å². The molecule has 17 heavy (non-hydrogen) atoms. The van der Waals surface area contributed by atoms with Crippen LogP contribution in [0.2, 0.25) is 0 Å². The van der Waals surface area contributed by atoms with E-state index in [4.69, 9.17) is 5.11 Å². The van der Waals surface area contributed by atoms with E-state index in [-0.39, 0.29) is 6.42 Å². The predicted molar refractivity (Wildman–Crippen MR) is 67.0 cm³/mol. The molecule has 0 heterocycles. The molecule has 2 unspecified atom stereocenters. The van der Waals surface area contributed by atoms with E-state index in [1.54, 1.807) is 0 Å². The number of aliphatic carboxylic acids is 1. The molecule has 1 aromatic rings. The van der Waals surface area contributed by atoms with Crippen LogP contribution in [0.4, 0.5) is 0 Å². The Morgan fingerprint density at radius 3 is 3.00 bits per heavy atom. The molecule has 0 bridgehead atoms. The van der Waals surface area contributed by atoms with Gasteiger partial charge in [-0.2, -0.15) is 0 Å². The number of hydrogen-bond donors (Lipinski definition) is 2. The number of fused-ring (bicyclic) bond motifs is 1. The highest BCUT2D eigenvalue weighted by Crippen LogP contribution is 2.36. The van der Waals surface area contributed by atoms with Crippen LogP contribution >= 0.6 is 0 Å². The number of nitrogens with one attached hydrogen (secondary N) is 1. The van der Waals surface area contributed by atoms with E-state index in [0.29, 0.717) is 18.5 Å². The first kappa shape index (κ1) is 12.1. The van der Waals surface area contributed by atoms with Crippen molar-refractivity contribution in [2.45, 2.75) is 32.7 Å². The third-order valence-electron chi connectivity index (χ3n) is 3.45. The van der Waals surface area contributed by atoms with Gasteiger partial charge < -0.3 is 10.4 Å². The largest absolute Gasteiger partial charge is 0.481 e. The normalized spacial score (nSPS) is 22.5. The molecule has 0 aliphatic heterocycles. The summed E-state index contributed by atoms with van der Waals surface area (Å²) in [6.07, 6.45) is 1.27. The fraction of sp³-hybridized carbons (Fsp3) is 0.500. The molecular weight excluding hydrogens is 214 g/mol. The Hall–Kier alpha value is -1.35. The van der Waals surface area contributed by atoms with E-state index in [1.807, 2.05) is 0 Å². The molecule has 0 amide bonds. The number of rotatable bonds is 4. The van der Waals surface area contributed by atoms with E-state index >= 15 is 0 Å². The van der Waals surface area contributed by atoms with Crippen molar-refractivity contribution in [2.24, 2.45) is 5.92 Å². The highest BCUT2D eigenvalue weighted by atomic mass is 16.4. The van der Waals surface area contributed by atoms with E-state index in [2.05, 4.69) is 37.4 Å². The summed E-state index contributed by atoms with van der Waals surface area (Å²) in [5, 5.41) is 12.0. The van der Waals surface area contributed by atoms with Gasteiger partial charge in [0.05, 0.1) is 6.42 Å². The number of benzene rings is 1. The van der Waals surface area contributed by atoms with Gasteiger partial charge in [0.2, 0.25) is 0 Å². The van der Waals surface area contributed by atoms with Gasteiger partial charge in [-0.1, -0.05) is 30.7 Å². The molecule has 1 aliphatic carbocycles. The van der Waals surface area contributed by atoms with E-state index < -0.39 is 5.97 Å². The number of carboxylic acid groups (broad SMARTS) is 1. The minimum atomic E-state index is -0.743. The maximum Gasteiger partial charge on any atom is 0.304 e. The topological polar surface area (TPSA) is 49.3 Å². The molecule has 0 saturated heterocycles. The molecule has 0 saturated carbocycles. The predicted octanol–water partition coefficient (Wildman–Crippen LogP) is 2.29. The molecule has 0 aromatic heterocycles. The molecule has 0 radical (unpaired) electrons. The second-order valence-electron chi connectivity index (χ2n) is 4.96. The van der Waals surface area contributed by atoms with Crippen molar-refractivity contribution in [3.8, 4) is 0 Å². The van der Waals surface area contributed by atoms with E-state index in [0.717, 1.165) is 6.42 Å². The van der Waals surface area contributed by atoms with Gasteiger partial charge in [-0.15, -0.1) is 0 Å². The Bertz CT molecular complexity index is 428. The molecule has 2 rings (SSSR count). The van der Waals surface area contributed by atoms with Crippen molar-refractivity contribution in [3.05, 3.63) is 34.9 Å². The Kier molecular flexibility index (Phi) is 3.48. The van der Waals surface area contributed by atoms with Gasteiger partial charge >= 0.3 is 5.97 Å². The van der Waals surface area contributed by atoms with Gasteiger partial charge in [-0.25, -0.2) is 0 Å². The lowest BCUT2D eigenvalue weighted by Gasteiger charge is -2.18. The zero-order chi connectivity index (χ0) is 12.4. The molecule has 2 N–H and O–H groups in total. The minimum absolute atomic E-state index is 0.185. The third-order valence-corrected chi connectivity index (χ3v) is 3.45. The fourth-order valence-corrected chi connectivity index (χ4v) is 2.61. The van der Waals surface area contributed by atoms with Gasteiger partial charge in [-0.05, 0) is 30.4 Å². The number of carboxylic acids is 1. The summed E-state index contributed by atoms with van der Waals surface area (Å²) in [7, 11) is 0. The van der Waals surface area contributed by atoms with E-state index in [1.165, 1.54) is 16.7 Å². The van der Waals surface area contributed by atoms with Gasteiger partial charge in [0.25, 0.3) is 0 Å². The first-order valence-corrected chi connectivity index (χ1v) is 6.12. The number of hydrogen-bond acceptors (Lipinski definition) is 2. The summed E-state index contributed by atoms with van der Waals surface area (Å²) in [6, 6.07) is 6.87. The van der Waals surface area contributed by atoms with Gasteiger partial charge in [0.15, 0.2) is 0 Å². The molecule has 3 heteroatoms. The summed E-state index contributed by atoms with van der Waals surface area (Å²) >= 11 is 0. The smallest absolute Gasteiger partial charge is 0.304 e. The van der Waals surface area contributed by atoms with Gasteiger partial charge in [-0.3, -0.25) is 4.79 Å². The molecular formula is C14H19NO2. The van der Waals surface area contributed by atoms with Crippen LogP contribution in [0.3, 0.4) is 0 Å². The summed E-state index contributed by atoms with van der Waals surface area (Å²) in [4.78, 5) is 10.5. The monoisotopic (exact) mass is 233 g/mol. The summed E-state index contributed by atoms with van der Waals surface area (Å²) in [5.74, 6) is -0.201. The Morgan fingerprint density at radius 2 is 2.29 bits per heavy atom. The lowest BCUT2D eigenvalue weighted by molar-refractivity contribution is -0.136. The SMILES string of the molecule is Cc1ccc2c(c1)C(NCCC(=O)O)C(C)C2. The second kappa shape index (κ2) is 4.88. The van der Waals surface area contributed by atoms with Crippen molar-refractivity contribution < 1.29 is 9.90 Å². The average molecular weight is 233 g/mol. The van der Waals surface area contributed by atoms with Crippen molar-refractivity contribution in [1.29, 1.82) is 0 Å². The quantitative estimate of drug-likeness (QED) is 0.839. The minimum Gasteiger partial charge on any atom is -0.481 e. The molecule has 1 aliphatic rings. The van der Waals surface area contributed by atoms with E-state index in [9.17, 15) is 4.79 Å². The highest BCUT2D eigenvalue weighted by molar-refractivity contribution is 5.66. The average Bonchev–Trinajstić information content (AvgIpc) is 2.55. The second-order valence-corrected chi connectivity index (χ2v) is 4.96. The lowest BCUT2D eigenvalue weighted by atomic mass is 10.0. The first-order valence-electron chi connectivity index (χ1n) is 6.12. The first-order chi connectivity index (χ1) is 8.08. The molecule has 92 valence electrons. The molecule has 3 nitrogen and oxygen atoms in total. The van der Waals surface area contributed by atoms with Crippen LogP contribution < -0.4 is 5.32 Å². The Labute approximate surface area is 102 Å². The van der Waals surface area contributed by atoms with Crippen LogP contribution in [0.5, 0.6) is 0 Å². The maximum atomic E-state index is 10.5. The van der Waals surface area contributed by atoms with Crippen LogP contribution in [0.25, 0.3) is 0 Å². The zero-order valence-corrected chi connectivity index (χ0v) is 10.4. The number of aryl methyl sites for hydroxylation is 1. The van der Waals surface area contributed by atoms with Gasteiger partial charge in [0, 0.05) is 12.6 Å². The lowest BCUT2D eigenvalue weighted by Crippen LogP contribution is -2.26.